The number of hydrogen-bond acceptors (Lipinski definition) is 7. The van der Waals surface area contributed by atoms with Gasteiger partial charge in [-0.2, -0.15) is 5.10 Å². The summed E-state index contributed by atoms with van der Waals surface area (Å²) < 4.78 is 21.4. The number of halogens is 1. The Morgan fingerprint density at radius 1 is 1.23 bits per heavy atom. The molecule has 0 saturated carbocycles. The molecular weight excluding hydrogens is 393 g/mol. The summed E-state index contributed by atoms with van der Waals surface area (Å²) in [6, 6.07) is 5.53. The highest BCUT2D eigenvalue weighted by atomic mass is 19.1. The Morgan fingerprint density at radius 2 is 2.10 bits per heavy atom. The molecular formula is C20H20FN5O4. The third-order valence-electron chi connectivity index (χ3n) is 5.43. The Hall–Kier alpha value is -3.24. The van der Waals surface area contributed by atoms with Gasteiger partial charge in [-0.3, -0.25) is 4.79 Å². The van der Waals surface area contributed by atoms with Crippen LogP contribution in [0.25, 0.3) is 5.65 Å². The van der Waals surface area contributed by atoms with Gasteiger partial charge in [-0.1, -0.05) is 0 Å². The van der Waals surface area contributed by atoms with Gasteiger partial charge >= 0.3 is 0 Å². The Morgan fingerprint density at radius 3 is 2.97 bits per heavy atom. The molecule has 3 N–H and O–H groups in total. The van der Waals surface area contributed by atoms with Crippen LogP contribution in [0.2, 0.25) is 0 Å². The number of carbonyl (C=O) groups excluding carboxylic acids is 1. The van der Waals surface area contributed by atoms with Crippen molar-refractivity contribution in [2.45, 2.75) is 24.7 Å². The molecule has 10 heteroatoms. The van der Waals surface area contributed by atoms with E-state index in [1.165, 1.54) is 28.9 Å². The fourth-order valence-electron chi connectivity index (χ4n) is 4.00. The van der Waals surface area contributed by atoms with Crippen LogP contribution in [-0.2, 0) is 0 Å². The van der Waals surface area contributed by atoms with E-state index in [9.17, 15) is 19.4 Å². The van der Waals surface area contributed by atoms with E-state index in [1.807, 2.05) is 4.90 Å². The average molecular weight is 413 g/mol. The van der Waals surface area contributed by atoms with Crippen molar-refractivity contribution in [3.8, 4) is 5.75 Å². The zero-order valence-electron chi connectivity index (χ0n) is 15.9. The van der Waals surface area contributed by atoms with Crippen molar-refractivity contribution < 1.29 is 24.1 Å². The first-order chi connectivity index (χ1) is 14.5. The fourth-order valence-corrected chi connectivity index (χ4v) is 4.00. The third kappa shape index (κ3) is 3.23. The molecule has 0 aliphatic carbocycles. The molecule has 2 aliphatic rings. The van der Waals surface area contributed by atoms with Crippen molar-refractivity contribution in [3.05, 3.63) is 53.6 Å². The summed E-state index contributed by atoms with van der Waals surface area (Å²) in [6.45, 7) is 0.184. The monoisotopic (exact) mass is 413 g/mol. The average Bonchev–Trinajstić information content (AvgIpc) is 3.33. The second-order valence-corrected chi connectivity index (χ2v) is 7.53. The number of carbonyl (C=O) groups is 1. The second kappa shape index (κ2) is 7.22. The molecule has 2 bridgehead atoms. The van der Waals surface area contributed by atoms with Crippen LogP contribution >= 0.6 is 0 Å². The number of amides is 1. The van der Waals surface area contributed by atoms with Crippen molar-refractivity contribution >= 4 is 17.4 Å². The van der Waals surface area contributed by atoms with Crippen molar-refractivity contribution in [1.82, 2.24) is 19.9 Å². The Bertz CT molecular complexity index is 1120. The lowest BCUT2D eigenvalue weighted by atomic mass is 10.0. The highest BCUT2D eigenvalue weighted by molar-refractivity contribution is 5.99. The predicted octanol–water partition coefficient (Wildman–Crippen LogP) is 0.664. The minimum Gasteiger partial charge on any atom is -0.490 e. The lowest BCUT2D eigenvalue weighted by molar-refractivity contribution is 0.0842. The van der Waals surface area contributed by atoms with E-state index in [2.05, 4.69) is 15.4 Å². The number of ether oxygens (including phenoxy) is 1. The zero-order chi connectivity index (χ0) is 20.8. The Balaban J connectivity index is 1.67. The van der Waals surface area contributed by atoms with Crippen LogP contribution in [0.5, 0.6) is 5.75 Å². The number of rotatable bonds is 0. The Labute approximate surface area is 170 Å². The molecule has 1 saturated heterocycles. The SMILES string of the molecule is O=C1NCC(O)COc2ccc(F)cc2C2CC(O)CN2c2ccn3ncc1c3n2. The van der Waals surface area contributed by atoms with Crippen molar-refractivity contribution in [2.24, 2.45) is 0 Å². The number of benzene rings is 1. The van der Waals surface area contributed by atoms with E-state index in [0.717, 1.165) is 0 Å². The number of nitrogens with one attached hydrogen (secondary N) is 1. The van der Waals surface area contributed by atoms with Crippen LogP contribution in [0.1, 0.15) is 28.4 Å². The molecule has 3 unspecified atom stereocenters. The minimum absolute atomic E-state index is 0.0271. The van der Waals surface area contributed by atoms with Crippen molar-refractivity contribution in [1.29, 1.82) is 0 Å². The molecule has 156 valence electrons. The van der Waals surface area contributed by atoms with Gasteiger partial charge in [0.05, 0.1) is 18.3 Å². The molecule has 30 heavy (non-hydrogen) atoms. The summed E-state index contributed by atoms with van der Waals surface area (Å²) in [5.41, 5.74) is 1.19. The van der Waals surface area contributed by atoms with E-state index < -0.39 is 23.9 Å². The van der Waals surface area contributed by atoms with Gasteiger partial charge in [0.2, 0.25) is 0 Å². The third-order valence-corrected chi connectivity index (χ3v) is 5.43. The number of aliphatic hydroxyl groups is 2. The summed E-state index contributed by atoms with van der Waals surface area (Å²) in [6.07, 6.45) is 1.85. The number of hydrogen-bond donors (Lipinski definition) is 3. The molecule has 3 atom stereocenters. The Kier molecular flexibility index (Phi) is 4.52. The number of β-amino-alcohol motifs (C(OH)–C–C–N with tert-alkyl or cyclic N) is 1. The van der Waals surface area contributed by atoms with Gasteiger partial charge in [-0.25, -0.2) is 13.9 Å². The van der Waals surface area contributed by atoms with Gasteiger partial charge in [0.25, 0.3) is 5.91 Å². The van der Waals surface area contributed by atoms with Gasteiger partial charge in [-0.05, 0) is 30.7 Å². The quantitative estimate of drug-likeness (QED) is 0.496. The lowest BCUT2D eigenvalue weighted by Gasteiger charge is -2.28. The number of fused-ring (bicyclic) bond motifs is 5. The van der Waals surface area contributed by atoms with Crippen LogP contribution in [0.3, 0.4) is 0 Å². The molecule has 2 aliphatic heterocycles. The van der Waals surface area contributed by atoms with Crippen molar-refractivity contribution in [3.63, 3.8) is 0 Å². The van der Waals surface area contributed by atoms with Crippen LogP contribution in [0.4, 0.5) is 10.2 Å². The molecule has 2 aromatic heterocycles. The summed E-state index contributed by atoms with van der Waals surface area (Å²) in [5, 5.41) is 27.4. The standard InChI is InChI=1S/C20H20FN5O4/c21-11-1-2-17-14(5-11)16-6-12(27)9-25(16)18-3-4-26-19(24-18)15(8-23-26)20(29)22-7-13(28)10-30-17/h1-5,8,12-13,16,27-28H,6-7,9-10H2,(H,22,29). The summed E-state index contributed by atoms with van der Waals surface area (Å²) in [5.74, 6) is 0.111. The number of nitrogens with zero attached hydrogens (tertiary/aromatic N) is 4. The molecule has 3 aromatic rings. The van der Waals surface area contributed by atoms with E-state index in [-0.39, 0.29) is 24.8 Å². The van der Waals surface area contributed by atoms with Crippen molar-refractivity contribution in [2.75, 3.05) is 24.6 Å². The molecule has 9 nitrogen and oxygen atoms in total. The van der Waals surface area contributed by atoms with Gasteiger partial charge in [0.1, 0.15) is 35.7 Å². The van der Waals surface area contributed by atoms with E-state index in [1.54, 1.807) is 12.3 Å². The van der Waals surface area contributed by atoms with E-state index in [4.69, 9.17) is 4.74 Å². The summed E-state index contributed by atoms with van der Waals surface area (Å²) in [7, 11) is 0. The van der Waals surface area contributed by atoms with Gasteiger partial charge in [0.15, 0.2) is 5.65 Å². The van der Waals surface area contributed by atoms with E-state index in [0.29, 0.717) is 35.7 Å². The molecule has 4 heterocycles. The predicted molar refractivity (Wildman–Crippen MR) is 104 cm³/mol. The maximum Gasteiger partial charge on any atom is 0.256 e. The zero-order valence-corrected chi connectivity index (χ0v) is 15.9. The minimum atomic E-state index is -0.967. The van der Waals surface area contributed by atoms with E-state index >= 15 is 0 Å². The number of aliphatic hydroxyl groups excluding tert-OH is 2. The highest BCUT2D eigenvalue weighted by Crippen LogP contribution is 2.40. The molecule has 1 amide bonds. The molecule has 0 radical (unpaired) electrons. The smallest absolute Gasteiger partial charge is 0.256 e. The fraction of sp³-hybridized carbons (Fsp3) is 0.350. The summed E-state index contributed by atoms with van der Waals surface area (Å²) in [4.78, 5) is 19.0. The van der Waals surface area contributed by atoms with Crippen LogP contribution in [0, 0.1) is 5.82 Å². The molecule has 1 aromatic carbocycles. The van der Waals surface area contributed by atoms with Crippen LogP contribution < -0.4 is 15.0 Å². The summed E-state index contributed by atoms with van der Waals surface area (Å²) >= 11 is 0. The lowest BCUT2D eigenvalue weighted by Crippen LogP contribution is -2.35. The first kappa shape index (κ1) is 18.8. The first-order valence-electron chi connectivity index (χ1n) is 9.67. The maximum absolute atomic E-state index is 14.1. The van der Waals surface area contributed by atoms with Crippen LogP contribution in [-0.4, -0.2) is 62.6 Å². The topological polar surface area (TPSA) is 112 Å². The van der Waals surface area contributed by atoms with Gasteiger partial charge in [0, 0.05) is 24.8 Å². The van der Waals surface area contributed by atoms with Gasteiger partial charge in [-0.15, -0.1) is 0 Å². The molecule has 5 rings (SSSR count). The van der Waals surface area contributed by atoms with Gasteiger partial charge < -0.3 is 25.2 Å². The maximum atomic E-state index is 14.1. The largest absolute Gasteiger partial charge is 0.490 e. The normalized spacial score (nSPS) is 24.2. The molecule has 0 spiro atoms. The van der Waals surface area contributed by atoms with Crippen LogP contribution in [0.15, 0.2) is 36.7 Å². The highest BCUT2D eigenvalue weighted by Gasteiger charge is 2.35. The second-order valence-electron chi connectivity index (χ2n) is 7.53. The number of anilines is 1. The molecule has 1 fully saturated rings. The first-order valence-corrected chi connectivity index (χ1v) is 9.67. The number of aromatic nitrogens is 3.